The fourth-order valence-corrected chi connectivity index (χ4v) is 2.76. The smallest absolute Gasteiger partial charge is 0.274 e. The van der Waals surface area contributed by atoms with Crippen LogP contribution in [0.5, 0.6) is 0 Å². The first-order valence-corrected chi connectivity index (χ1v) is 9.32. The lowest BCUT2D eigenvalue weighted by atomic mass is 10.2. The molecule has 0 radical (unpaired) electrons. The number of halogens is 1. The van der Waals surface area contributed by atoms with Gasteiger partial charge in [-0.2, -0.15) is 5.10 Å². The summed E-state index contributed by atoms with van der Waals surface area (Å²) in [6, 6.07) is 17.1. The number of rotatable bonds is 6. The summed E-state index contributed by atoms with van der Waals surface area (Å²) in [5.41, 5.74) is 1.29. The predicted molar refractivity (Wildman–Crippen MR) is 109 cm³/mol. The van der Waals surface area contributed by atoms with Crippen LogP contribution in [0.1, 0.15) is 29.9 Å². The Bertz CT molecular complexity index is 1010. The molecule has 0 aliphatic heterocycles. The van der Waals surface area contributed by atoms with E-state index < -0.39 is 0 Å². The van der Waals surface area contributed by atoms with Crippen molar-refractivity contribution < 1.29 is 14.0 Å². The van der Waals surface area contributed by atoms with E-state index in [0.29, 0.717) is 17.1 Å². The van der Waals surface area contributed by atoms with E-state index in [1.165, 1.54) is 21.7 Å². The van der Waals surface area contributed by atoms with E-state index in [1.54, 1.807) is 39.1 Å². The molecule has 0 atom stereocenters. The van der Waals surface area contributed by atoms with Gasteiger partial charge in [0.25, 0.3) is 5.91 Å². The number of nitrogens with zero attached hydrogens (tertiary/aromatic N) is 3. The molecule has 1 N–H and O–H groups in total. The number of hydrogen-bond acceptors (Lipinski definition) is 3. The molecule has 2 amide bonds. The largest absolute Gasteiger partial charge is 0.336 e. The monoisotopic (exact) mass is 394 g/mol. The highest BCUT2D eigenvalue weighted by molar-refractivity contribution is 5.96. The summed E-state index contributed by atoms with van der Waals surface area (Å²) in [5, 5.41) is 7.21. The van der Waals surface area contributed by atoms with Crippen molar-refractivity contribution in [3.8, 4) is 5.69 Å². The quantitative estimate of drug-likeness (QED) is 0.690. The Morgan fingerprint density at radius 1 is 1.10 bits per heavy atom. The standard InChI is InChI=1S/C22H23FN4O2/c1-15(2)21(28)24-20-13-19(25-27(20)17-10-5-4-6-11-17)22(29)26(3)14-16-9-7-8-12-18(16)23/h4-13,15H,14H2,1-3H3,(H,24,28). The minimum Gasteiger partial charge on any atom is -0.336 e. The first-order chi connectivity index (χ1) is 13.9. The zero-order chi connectivity index (χ0) is 21.0. The van der Waals surface area contributed by atoms with Crippen LogP contribution in [0.15, 0.2) is 60.7 Å². The summed E-state index contributed by atoms with van der Waals surface area (Å²) in [6.45, 7) is 3.68. The van der Waals surface area contributed by atoms with Gasteiger partial charge in [0.2, 0.25) is 5.91 Å². The van der Waals surface area contributed by atoms with Gasteiger partial charge in [-0.15, -0.1) is 0 Å². The summed E-state index contributed by atoms with van der Waals surface area (Å²) in [7, 11) is 1.59. The maximum absolute atomic E-state index is 13.9. The number of carbonyl (C=O) groups excluding carboxylic acids is 2. The van der Waals surface area contributed by atoms with E-state index in [0.717, 1.165) is 0 Å². The highest BCUT2D eigenvalue weighted by Gasteiger charge is 2.21. The zero-order valence-corrected chi connectivity index (χ0v) is 16.6. The van der Waals surface area contributed by atoms with Crippen LogP contribution >= 0.6 is 0 Å². The van der Waals surface area contributed by atoms with Crippen molar-refractivity contribution in [1.29, 1.82) is 0 Å². The molecule has 2 aromatic carbocycles. The van der Waals surface area contributed by atoms with Gasteiger partial charge < -0.3 is 10.2 Å². The number of benzene rings is 2. The number of hydrogen-bond donors (Lipinski definition) is 1. The second kappa shape index (κ2) is 8.68. The molecule has 0 saturated heterocycles. The Labute approximate surface area is 169 Å². The molecule has 1 heterocycles. The molecule has 0 bridgehead atoms. The lowest BCUT2D eigenvalue weighted by Gasteiger charge is -2.16. The fraction of sp³-hybridized carbons (Fsp3) is 0.227. The van der Waals surface area contributed by atoms with Crippen LogP contribution in [0, 0.1) is 11.7 Å². The second-order valence-corrected chi connectivity index (χ2v) is 7.06. The van der Waals surface area contributed by atoms with Crippen LogP contribution in [0.25, 0.3) is 5.69 Å². The SMILES string of the molecule is CC(C)C(=O)Nc1cc(C(=O)N(C)Cc2ccccc2F)nn1-c1ccccc1. The van der Waals surface area contributed by atoms with Gasteiger partial charge in [-0.05, 0) is 18.2 Å². The van der Waals surface area contributed by atoms with Gasteiger partial charge in [0.15, 0.2) is 5.69 Å². The highest BCUT2D eigenvalue weighted by Crippen LogP contribution is 2.20. The Morgan fingerprint density at radius 2 is 1.76 bits per heavy atom. The number of carbonyl (C=O) groups is 2. The number of para-hydroxylation sites is 1. The molecule has 0 unspecified atom stereocenters. The summed E-state index contributed by atoms with van der Waals surface area (Å²) in [5.74, 6) is -0.745. The third kappa shape index (κ3) is 4.68. The van der Waals surface area contributed by atoms with Crippen LogP contribution in [-0.2, 0) is 11.3 Å². The molecule has 3 rings (SSSR count). The van der Waals surface area contributed by atoms with Crippen LogP contribution in [0.3, 0.4) is 0 Å². The normalized spacial score (nSPS) is 10.8. The van der Waals surface area contributed by atoms with Crippen molar-refractivity contribution in [3.63, 3.8) is 0 Å². The molecule has 29 heavy (non-hydrogen) atoms. The Hall–Kier alpha value is -3.48. The van der Waals surface area contributed by atoms with E-state index in [4.69, 9.17) is 0 Å². The highest BCUT2D eigenvalue weighted by atomic mass is 19.1. The second-order valence-electron chi connectivity index (χ2n) is 7.06. The summed E-state index contributed by atoms with van der Waals surface area (Å²) in [4.78, 5) is 26.5. The molecule has 1 aromatic heterocycles. The molecule has 0 aliphatic carbocycles. The van der Waals surface area contributed by atoms with E-state index >= 15 is 0 Å². The summed E-state index contributed by atoms with van der Waals surface area (Å²) >= 11 is 0. The van der Waals surface area contributed by atoms with Crippen molar-refractivity contribution in [1.82, 2.24) is 14.7 Å². The van der Waals surface area contributed by atoms with Gasteiger partial charge in [-0.25, -0.2) is 9.07 Å². The fourth-order valence-electron chi connectivity index (χ4n) is 2.76. The third-order valence-corrected chi connectivity index (χ3v) is 4.42. The van der Waals surface area contributed by atoms with Crippen LogP contribution < -0.4 is 5.32 Å². The van der Waals surface area contributed by atoms with Crippen LogP contribution in [-0.4, -0.2) is 33.5 Å². The van der Waals surface area contributed by atoms with E-state index in [1.807, 2.05) is 30.3 Å². The Balaban J connectivity index is 1.90. The van der Waals surface area contributed by atoms with Crippen molar-refractivity contribution in [2.75, 3.05) is 12.4 Å². The molecule has 7 heteroatoms. The predicted octanol–water partition coefficient (Wildman–Crippen LogP) is 3.88. The minimum absolute atomic E-state index is 0.109. The molecular weight excluding hydrogens is 371 g/mol. The van der Waals surface area contributed by atoms with Crippen molar-refractivity contribution in [2.24, 2.45) is 5.92 Å². The van der Waals surface area contributed by atoms with E-state index in [2.05, 4.69) is 10.4 Å². The molecule has 0 saturated carbocycles. The number of aromatic nitrogens is 2. The van der Waals surface area contributed by atoms with Gasteiger partial charge in [0.05, 0.1) is 5.69 Å². The average Bonchev–Trinajstić information content (AvgIpc) is 3.13. The van der Waals surface area contributed by atoms with Gasteiger partial charge in [-0.3, -0.25) is 9.59 Å². The molecule has 3 aromatic rings. The zero-order valence-electron chi connectivity index (χ0n) is 16.6. The van der Waals surface area contributed by atoms with Gasteiger partial charge in [-0.1, -0.05) is 50.2 Å². The summed E-state index contributed by atoms with van der Waals surface area (Å²) in [6.07, 6.45) is 0. The molecular formula is C22H23FN4O2. The maximum Gasteiger partial charge on any atom is 0.274 e. The van der Waals surface area contributed by atoms with E-state index in [9.17, 15) is 14.0 Å². The molecule has 6 nitrogen and oxygen atoms in total. The van der Waals surface area contributed by atoms with Gasteiger partial charge in [0.1, 0.15) is 11.6 Å². The third-order valence-electron chi connectivity index (χ3n) is 4.42. The van der Waals surface area contributed by atoms with Crippen molar-refractivity contribution in [3.05, 3.63) is 77.7 Å². The van der Waals surface area contributed by atoms with E-state index in [-0.39, 0.29) is 35.8 Å². The molecule has 0 fully saturated rings. The van der Waals surface area contributed by atoms with Crippen molar-refractivity contribution >= 4 is 17.6 Å². The molecule has 0 aliphatic rings. The topological polar surface area (TPSA) is 67.2 Å². The Kier molecular flexibility index (Phi) is 6.07. The lowest BCUT2D eigenvalue weighted by Crippen LogP contribution is -2.27. The number of amides is 2. The van der Waals surface area contributed by atoms with Crippen molar-refractivity contribution in [2.45, 2.75) is 20.4 Å². The molecule has 0 spiro atoms. The number of nitrogens with one attached hydrogen (secondary N) is 1. The lowest BCUT2D eigenvalue weighted by molar-refractivity contribution is -0.118. The minimum atomic E-state index is -0.372. The maximum atomic E-state index is 13.9. The van der Waals surface area contributed by atoms with Gasteiger partial charge in [0, 0.05) is 31.1 Å². The summed E-state index contributed by atoms with van der Waals surface area (Å²) < 4.78 is 15.4. The first kappa shape index (κ1) is 20.3. The van der Waals surface area contributed by atoms with Crippen LogP contribution in [0.2, 0.25) is 0 Å². The average molecular weight is 394 g/mol. The first-order valence-electron chi connectivity index (χ1n) is 9.32. The van der Waals surface area contributed by atoms with Gasteiger partial charge >= 0.3 is 0 Å². The number of anilines is 1. The molecule has 150 valence electrons. The Morgan fingerprint density at radius 3 is 2.41 bits per heavy atom. The van der Waals surface area contributed by atoms with Crippen LogP contribution in [0.4, 0.5) is 10.2 Å².